The molecular weight excluding hydrogens is 423 g/mol. The third-order valence-electron chi connectivity index (χ3n) is 4.59. The first-order valence-corrected chi connectivity index (χ1v) is 10.6. The first-order valence-electron chi connectivity index (χ1n) is 9.88. The van der Waals surface area contributed by atoms with Crippen molar-refractivity contribution in [2.45, 2.75) is 40.3 Å². The highest BCUT2D eigenvalue weighted by molar-refractivity contribution is 6.31. The van der Waals surface area contributed by atoms with E-state index in [-0.39, 0.29) is 25.0 Å². The van der Waals surface area contributed by atoms with Crippen molar-refractivity contribution in [1.82, 2.24) is 10.2 Å². The molecule has 0 heterocycles. The summed E-state index contributed by atoms with van der Waals surface area (Å²) < 4.78 is 5.67. The maximum atomic E-state index is 13.0. The number of benzene rings is 2. The molecule has 7 heteroatoms. The molecule has 0 aliphatic rings. The quantitative estimate of drug-likeness (QED) is 0.592. The summed E-state index contributed by atoms with van der Waals surface area (Å²) in [5.74, 6) is 0.357. The molecular formula is C23H28Cl2N2O3. The number of halogens is 2. The Morgan fingerprint density at radius 3 is 2.47 bits per heavy atom. The third-order valence-corrected chi connectivity index (χ3v) is 5.24. The number of carbonyl (C=O) groups is 2. The Morgan fingerprint density at radius 2 is 1.83 bits per heavy atom. The maximum absolute atomic E-state index is 13.0. The van der Waals surface area contributed by atoms with Crippen molar-refractivity contribution in [3.05, 3.63) is 63.6 Å². The van der Waals surface area contributed by atoms with Crippen molar-refractivity contribution in [3.63, 3.8) is 0 Å². The van der Waals surface area contributed by atoms with E-state index in [9.17, 15) is 9.59 Å². The monoisotopic (exact) mass is 450 g/mol. The standard InChI is InChI=1S/C23H28Cl2N2O3/c1-15(2)12-26-23(29)17(4)27(13-18-6-5-7-19(24)11-18)22(28)14-30-20-8-9-21(25)16(3)10-20/h5-11,15,17H,12-14H2,1-4H3,(H,26,29)/t17-/m0/s1. The predicted molar refractivity (Wildman–Crippen MR) is 121 cm³/mol. The highest BCUT2D eigenvalue weighted by atomic mass is 35.5. The number of hydrogen-bond acceptors (Lipinski definition) is 3. The van der Waals surface area contributed by atoms with Crippen LogP contribution in [-0.4, -0.2) is 35.9 Å². The van der Waals surface area contributed by atoms with E-state index in [4.69, 9.17) is 27.9 Å². The van der Waals surface area contributed by atoms with E-state index in [0.29, 0.717) is 28.3 Å². The molecule has 0 aliphatic heterocycles. The lowest BCUT2D eigenvalue weighted by Crippen LogP contribution is -2.49. The Kier molecular flexibility index (Phi) is 9.00. The summed E-state index contributed by atoms with van der Waals surface area (Å²) in [5.41, 5.74) is 1.69. The molecule has 2 aromatic rings. The average Bonchev–Trinajstić information content (AvgIpc) is 2.70. The molecule has 0 saturated carbocycles. The fourth-order valence-electron chi connectivity index (χ4n) is 2.80. The molecule has 2 rings (SSSR count). The largest absolute Gasteiger partial charge is 0.484 e. The third kappa shape index (κ3) is 7.22. The van der Waals surface area contributed by atoms with Crippen molar-refractivity contribution >= 4 is 35.0 Å². The van der Waals surface area contributed by atoms with Crippen molar-refractivity contribution in [3.8, 4) is 5.75 Å². The molecule has 0 bridgehead atoms. The molecule has 0 aromatic heterocycles. The Bertz CT molecular complexity index is 887. The van der Waals surface area contributed by atoms with Gasteiger partial charge in [-0.2, -0.15) is 0 Å². The summed E-state index contributed by atoms with van der Waals surface area (Å²) in [4.78, 5) is 27.1. The van der Waals surface area contributed by atoms with E-state index in [2.05, 4.69) is 5.32 Å². The van der Waals surface area contributed by atoms with Crippen LogP contribution in [0.25, 0.3) is 0 Å². The van der Waals surface area contributed by atoms with Gasteiger partial charge in [-0.15, -0.1) is 0 Å². The number of ether oxygens (including phenoxy) is 1. The first kappa shape index (κ1) is 24.0. The summed E-state index contributed by atoms with van der Waals surface area (Å²) in [6.45, 7) is 8.21. The summed E-state index contributed by atoms with van der Waals surface area (Å²) >= 11 is 12.1. The lowest BCUT2D eigenvalue weighted by molar-refractivity contribution is -0.142. The second kappa shape index (κ2) is 11.2. The molecule has 5 nitrogen and oxygen atoms in total. The van der Waals surface area contributed by atoms with Crippen molar-refractivity contribution in [1.29, 1.82) is 0 Å². The van der Waals surface area contributed by atoms with Gasteiger partial charge in [-0.25, -0.2) is 0 Å². The molecule has 2 amide bonds. The van der Waals surface area contributed by atoms with Gasteiger partial charge in [-0.3, -0.25) is 9.59 Å². The first-order chi connectivity index (χ1) is 14.2. The zero-order valence-corrected chi connectivity index (χ0v) is 19.3. The van der Waals surface area contributed by atoms with Crippen molar-refractivity contribution in [2.75, 3.05) is 13.2 Å². The number of amides is 2. The predicted octanol–water partition coefficient (Wildman–Crippen LogP) is 4.87. The Morgan fingerprint density at radius 1 is 1.10 bits per heavy atom. The Hall–Kier alpha value is -2.24. The van der Waals surface area contributed by atoms with Gasteiger partial charge in [0.15, 0.2) is 6.61 Å². The van der Waals surface area contributed by atoms with Gasteiger partial charge in [0.25, 0.3) is 5.91 Å². The van der Waals surface area contributed by atoms with Crippen LogP contribution >= 0.6 is 23.2 Å². The topological polar surface area (TPSA) is 58.6 Å². The van der Waals surface area contributed by atoms with Gasteiger partial charge < -0.3 is 15.0 Å². The molecule has 1 atom stereocenters. The van der Waals surface area contributed by atoms with Crippen LogP contribution in [0, 0.1) is 12.8 Å². The van der Waals surface area contributed by atoms with Gasteiger partial charge in [-0.05, 0) is 61.2 Å². The van der Waals surface area contributed by atoms with Crippen LogP contribution in [0.15, 0.2) is 42.5 Å². The van der Waals surface area contributed by atoms with Crippen molar-refractivity contribution in [2.24, 2.45) is 5.92 Å². The van der Waals surface area contributed by atoms with E-state index in [0.717, 1.165) is 11.1 Å². The fourth-order valence-corrected chi connectivity index (χ4v) is 3.13. The van der Waals surface area contributed by atoms with Crippen LogP contribution in [0.3, 0.4) is 0 Å². The zero-order valence-electron chi connectivity index (χ0n) is 17.7. The summed E-state index contributed by atoms with van der Waals surface area (Å²) in [6, 6.07) is 11.8. The minimum atomic E-state index is -0.661. The van der Waals surface area contributed by atoms with Gasteiger partial charge in [0, 0.05) is 23.1 Å². The smallest absolute Gasteiger partial charge is 0.261 e. The molecule has 0 aliphatic carbocycles. The zero-order chi connectivity index (χ0) is 22.3. The average molecular weight is 451 g/mol. The van der Waals surface area contributed by atoms with Crippen LogP contribution in [0.5, 0.6) is 5.75 Å². The normalized spacial score (nSPS) is 11.8. The highest BCUT2D eigenvalue weighted by Gasteiger charge is 2.26. The maximum Gasteiger partial charge on any atom is 0.261 e. The van der Waals surface area contributed by atoms with Crippen LogP contribution in [0.1, 0.15) is 31.9 Å². The van der Waals surface area contributed by atoms with Crippen LogP contribution in [0.4, 0.5) is 0 Å². The Labute approximate surface area is 188 Å². The SMILES string of the molecule is Cc1cc(OCC(=O)N(Cc2cccc(Cl)c2)[C@@H](C)C(=O)NCC(C)C)ccc1Cl. The molecule has 0 fully saturated rings. The summed E-state index contributed by atoms with van der Waals surface area (Å²) in [6.07, 6.45) is 0. The van der Waals surface area contributed by atoms with Crippen LogP contribution in [-0.2, 0) is 16.1 Å². The van der Waals surface area contributed by atoms with Gasteiger partial charge in [0.2, 0.25) is 5.91 Å². The lowest BCUT2D eigenvalue weighted by Gasteiger charge is -2.29. The molecule has 0 saturated heterocycles. The number of aryl methyl sites for hydroxylation is 1. The van der Waals surface area contributed by atoms with Crippen LogP contribution in [0.2, 0.25) is 10.0 Å². The molecule has 0 unspecified atom stereocenters. The van der Waals surface area contributed by atoms with Gasteiger partial charge in [-0.1, -0.05) is 49.2 Å². The van der Waals surface area contributed by atoms with Gasteiger partial charge in [0.1, 0.15) is 11.8 Å². The molecule has 0 spiro atoms. The molecule has 1 N–H and O–H groups in total. The number of carbonyl (C=O) groups excluding carboxylic acids is 2. The highest BCUT2D eigenvalue weighted by Crippen LogP contribution is 2.21. The minimum Gasteiger partial charge on any atom is -0.484 e. The van der Waals surface area contributed by atoms with Gasteiger partial charge in [0.05, 0.1) is 0 Å². The molecule has 2 aromatic carbocycles. The lowest BCUT2D eigenvalue weighted by atomic mass is 10.1. The van der Waals surface area contributed by atoms with Crippen molar-refractivity contribution < 1.29 is 14.3 Å². The number of rotatable bonds is 9. The van der Waals surface area contributed by atoms with E-state index in [1.54, 1.807) is 37.3 Å². The second-order valence-electron chi connectivity index (χ2n) is 7.67. The van der Waals surface area contributed by atoms with E-state index >= 15 is 0 Å². The molecule has 0 radical (unpaired) electrons. The van der Waals surface area contributed by atoms with Crippen LogP contribution < -0.4 is 10.1 Å². The summed E-state index contributed by atoms with van der Waals surface area (Å²) in [5, 5.41) is 4.09. The van der Waals surface area contributed by atoms with Gasteiger partial charge >= 0.3 is 0 Å². The van der Waals surface area contributed by atoms with E-state index < -0.39 is 6.04 Å². The molecule has 30 heavy (non-hydrogen) atoms. The van der Waals surface area contributed by atoms with E-state index in [1.165, 1.54) is 4.90 Å². The molecule has 162 valence electrons. The fraction of sp³-hybridized carbons (Fsp3) is 0.391. The number of hydrogen-bond donors (Lipinski definition) is 1. The minimum absolute atomic E-state index is 0.191. The Balaban J connectivity index is 2.14. The number of nitrogens with one attached hydrogen (secondary N) is 1. The summed E-state index contributed by atoms with van der Waals surface area (Å²) in [7, 11) is 0. The van der Waals surface area contributed by atoms with E-state index in [1.807, 2.05) is 32.9 Å². The number of nitrogens with zero attached hydrogens (tertiary/aromatic N) is 1. The second-order valence-corrected chi connectivity index (χ2v) is 8.51.